The van der Waals surface area contributed by atoms with Crippen LogP contribution in [0.2, 0.25) is 10.0 Å². The SMILES string of the molecule is Cc1cc(COc2ccc(Cl)cc2Cl)oc1CNC1CC1. The highest BCUT2D eigenvalue weighted by Crippen LogP contribution is 2.28. The molecule has 1 aliphatic carbocycles. The second-order valence-corrected chi connectivity index (χ2v) is 6.18. The fourth-order valence-electron chi connectivity index (χ4n) is 2.10. The molecule has 5 heteroatoms. The van der Waals surface area contributed by atoms with E-state index in [1.165, 1.54) is 12.8 Å². The normalized spacial score (nSPS) is 14.4. The maximum absolute atomic E-state index is 6.07. The lowest BCUT2D eigenvalue weighted by Gasteiger charge is -2.06. The van der Waals surface area contributed by atoms with Gasteiger partial charge in [0.2, 0.25) is 0 Å². The van der Waals surface area contributed by atoms with Crippen LogP contribution in [-0.4, -0.2) is 6.04 Å². The number of halogens is 2. The Hall–Kier alpha value is -1.16. The minimum absolute atomic E-state index is 0.353. The van der Waals surface area contributed by atoms with Crippen LogP contribution >= 0.6 is 23.2 Å². The monoisotopic (exact) mass is 325 g/mol. The van der Waals surface area contributed by atoms with Crippen molar-refractivity contribution in [2.75, 3.05) is 0 Å². The van der Waals surface area contributed by atoms with Gasteiger partial charge in [0.1, 0.15) is 23.9 Å². The third-order valence-corrected chi connectivity index (χ3v) is 3.99. The van der Waals surface area contributed by atoms with E-state index in [1.54, 1.807) is 18.2 Å². The highest BCUT2D eigenvalue weighted by molar-refractivity contribution is 6.35. The molecule has 1 aromatic carbocycles. The summed E-state index contributed by atoms with van der Waals surface area (Å²) < 4.78 is 11.5. The van der Waals surface area contributed by atoms with Crippen LogP contribution in [0.5, 0.6) is 5.75 Å². The number of furan rings is 1. The first-order chi connectivity index (χ1) is 10.1. The van der Waals surface area contributed by atoms with Gasteiger partial charge in [0, 0.05) is 11.1 Å². The van der Waals surface area contributed by atoms with Crippen molar-refractivity contribution in [3.8, 4) is 5.75 Å². The molecular formula is C16H17Cl2NO2. The van der Waals surface area contributed by atoms with E-state index in [-0.39, 0.29) is 0 Å². The Labute approximate surface area is 134 Å². The van der Waals surface area contributed by atoms with Crippen molar-refractivity contribution in [1.29, 1.82) is 0 Å². The summed E-state index contributed by atoms with van der Waals surface area (Å²) in [7, 11) is 0. The first-order valence-electron chi connectivity index (χ1n) is 7.01. The summed E-state index contributed by atoms with van der Waals surface area (Å²) in [5.74, 6) is 2.38. The molecule has 0 saturated heterocycles. The van der Waals surface area contributed by atoms with E-state index >= 15 is 0 Å². The lowest BCUT2D eigenvalue weighted by atomic mass is 10.2. The average molecular weight is 326 g/mol. The quantitative estimate of drug-likeness (QED) is 0.834. The molecule has 0 radical (unpaired) electrons. The zero-order chi connectivity index (χ0) is 14.8. The largest absolute Gasteiger partial charge is 0.484 e. The van der Waals surface area contributed by atoms with Gasteiger partial charge in [0.15, 0.2) is 0 Å². The van der Waals surface area contributed by atoms with E-state index in [0.717, 1.165) is 23.6 Å². The number of aryl methyl sites for hydroxylation is 1. The maximum Gasteiger partial charge on any atom is 0.146 e. The molecule has 1 heterocycles. The summed E-state index contributed by atoms with van der Waals surface area (Å²) in [6.45, 7) is 3.18. The van der Waals surface area contributed by atoms with E-state index in [9.17, 15) is 0 Å². The van der Waals surface area contributed by atoms with E-state index in [1.807, 2.05) is 13.0 Å². The van der Waals surface area contributed by atoms with Crippen LogP contribution in [0.25, 0.3) is 0 Å². The first kappa shape index (κ1) is 14.8. The summed E-state index contributed by atoms with van der Waals surface area (Å²) in [6, 6.07) is 7.85. The van der Waals surface area contributed by atoms with Crippen LogP contribution in [0.4, 0.5) is 0 Å². The third kappa shape index (κ3) is 3.94. The Kier molecular flexibility index (Phi) is 4.43. The minimum Gasteiger partial charge on any atom is -0.484 e. The molecule has 21 heavy (non-hydrogen) atoms. The molecule has 112 valence electrons. The maximum atomic E-state index is 6.07. The van der Waals surface area contributed by atoms with Gasteiger partial charge in [-0.25, -0.2) is 0 Å². The molecule has 0 bridgehead atoms. The molecule has 3 rings (SSSR count). The highest BCUT2D eigenvalue weighted by atomic mass is 35.5. The molecule has 0 aliphatic heterocycles. The van der Waals surface area contributed by atoms with E-state index in [0.29, 0.717) is 28.4 Å². The molecule has 1 fully saturated rings. The highest BCUT2D eigenvalue weighted by Gasteiger charge is 2.21. The average Bonchev–Trinajstić information content (AvgIpc) is 3.20. The van der Waals surface area contributed by atoms with Gasteiger partial charge in [-0.3, -0.25) is 0 Å². The van der Waals surface area contributed by atoms with Gasteiger partial charge in [0.25, 0.3) is 0 Å². The van der Waals surface area contributed by atoms with Crippen molar-refractivity contribution in [2.45, 2.75) is 39.0 Å². The van der Waals surface area contributed by atoms with Crippen LogP contribution in [0.15, 0.2) is 28.7 Å². The van der Waals surface area contributed by atoms with Crippen LogP contribution in [0, 0.1) is 6.92 Å². The lowest BCUT2D eigenvalue weighted by molar-refractivity contribution is 0.265. The molecule has 1 N–H and O–H groups in total. The molecule has 0 atom stereocenters. The van der Waals surface area contributed by atoms with Crippen molar-refractivity contribution >= 4 is 23.2 Å². The second-order valence-electron chi connectivity index (χ2n) is 5.34. The first-order valence-corrected chi connectivity index (χ1v) is 7.77. The molecule has 0 spiro atoms. The number of benzene rings is 1. The van der Waals surface area contributed by atoms with Gasteiger partial charge in [-0.2, -0.15) is 0 Å². The van der Waals surface area contributed by atoms with E-state index in [4.69, 9.17) is 32.4 Å². The summed E-state index contributed by atoms with van der Waals surface area (Å²) in [5.41, 5.74) is 1.14. The molecule has 0 amide bonds. The predicted octanol–water partition coefficient (Wildman–Crippen LogP) is 4.73. The lowest BCUT2D eigenvalue weighted by Crippen LogP contribution is -2.15. The number of ether oxygens (including phenoxy) is 1. The van der Waals surface area contributed by atoms with Gasteiger partial charge in [-0.15, -0.1) is 0 Å². The Morgan fingerprint density at radius 1 is 1.29 bits per heavy atom. The molecule has 1 aliphatic rings. The molecule has 2 aromatic rings. The summed E-state index contributed by atoms with van der Waals surface area (Å²) in [5, 5.41) is 4.54. The van der Waals surface area contributed by atoms with Crippen molar-refractivity contribution in [3.63, 3.8) is 0 Å². The van der Waals surface area contributed by atoms with Crippen molar-refractivity contribution < 1.29 is 9.15 Å². The van der Waals surface area contributed by atoms with E-state index < -0.39 is 0 Å². The number of hydrogen-bond acceptors (Lipinski definition) is 3. The molecule has 1 saturated carbocycles. The zero-order valence-electron chi connectivity index (χ0n) is 11.8. The minimum atomic E-state index is 0.353. The number of rotatable bonds is 6. The van der Waals surface area contributed by atoms with Crippen LogP contribution in [-0.2, 0) is 13.2 Å². The Morgan fingerprint density at radius 3 is 2.81 bits per heavy atom. The van der Waals surface area contributed by atoms with Crippen LogP contribution in [0.1, 0.15) is 29.9 Å². The van der Waals surface area contributed by atoms with Crippen LogP contribution in [0.3, 0.4) is 0 Å². The predicted molar refractivity (Wildman–Crippen MR) is 84.1 cm³/mol. The van der Waals surface area contributed by atoms with Crippen molar-refractivity contribution in [2.24, 2.45) is 0 Å². The Bertz CT molecular complexity index is 635. The topological polar surface area (TPSA) is 34.4 Å². The number of nitrogens with one attached hydrogen (secondary N) is 1. The third-order valence-electron chi connectivity index (χ3n) is 3.46. The molecule has 3 nitrogen and oxygen atoms in total. The van der Waals surface area contributed by atoms with Crippen molar-refractivity contribution in [3.05, 3.63) is 51.4 Å². The summed E-state index contributed by atoms with van der Waals surface area (Å²) in [6.07, 6.45) is 2.54. The summed E-state index contributed by atoms with van der Waals surface area (Å²) in [4.78, 5) is 0. The smallest absolute Gasteiger partial charge is 0.146 e. The van der Waals surface area contributed by atoms with Gasteiger partial charge < -0.3 is 14.5 Å². The zero-order valence-corrected chi connectivity index (χ0v) is 13.3. The van der Waals surface area contributed by atoms with E-state index in [2.05, 4.69) is 5.32 Å². The second kappa shape index (κ2) is 6.30. The molecular weight excluding hydrogens is 309 g/mol. The van der Waals surface area contributed by atoms with Crippen LogP contribution < -0.4 is 10.1 Å². The fourth-order valence-corrected chi connectivity index (χ4v) is 2.57. The van der Waals surface area contributed by atoms with Gasteiger partial charge in [-0.05, 0) is 49.6 Å². The van der Waals surface area contributed by atoms with Crippen molar-refractivity contribution in [1.82, 2.24) is 5.32 Å². The molecule has 0 unspecified atom stereocenters. The fraction of sp³-hybridized carbons (Fsp3) is 0.375. The number of hydrogen-bond donors (Lipinski definition) is 1. The Morgan fingerprint density at radius 2 is 2.10 bits per heavy atom. The van der Waals surface area contributed by atoms with Gasteiger partial charge >= 0.3 is 0 Å². The standard InChI is InChI=1S/C16H17Cl2NO2/c1-10-6-13(21-16(10)8-19-12-3-4-12)9-20-15-5-2-11(17)7-14(15)18/h2,5-7,12,19H,3-4,8-9H2,1H3. The van der Waals surface area contributed by atoms with Gasteiger partial charge in [0.05, 0.1) is 11.6 Å². The Balaban J connectivity index is 1.60. The van der Waals surface area contributed by atoms with Gasteiger partial charge in [-0.1, -0.05) is 23.2 Å². The summed E-state index contributed by atoms with van der Waals surface area (Å²) >= 11 is 11.9. The molecule has 1 aromatic heterocycles.